The summed E-state index contributed by atoms with van der Waals surface area (Å²) in [5, 5.41) is 14.8. The van der Waals surface area contributed by atoms with Crippen molar-refractivity contribution in [3.63, 3.8) is 0 Å². The van der Waals surface area contributed by atoms with Gasteiger partial charge in [-0.25, -0.2) is 9.59 Å². The van der Waals surface area contributed by atoms with Crippen LogP contribution in [0.25, 0.3) is 11.1 Å². The minimum atomic E-state index is -1.08. The first-order valence-electron chi connectivity index (χ1n) is 11.8. The van der Waals surface area contributed by atoms with Crippen molar-refractivity contribution in [2.45, 2.75) is 30.8 Å². The van der Waals surface area contributed by atoms with Crippen LogP contribution >= 0.6 is 0 Å². The maximum atomic E-state index is 12.7. The summed E-state index contributed by atoms with van der Waals surface area (Å²) in [4.78, 5) is 38.5. The highest BCUT2D eigenvalue weighted by atomic mass is 16.5. The van der Waals surface area contributed by atoms with Crippen molar-refractivity contribution >= 4 is 18.0 Å². The Labute approximate surface area is 205 Å². The number of nitrogens with zero attached hydrogens (tertiary/aromatic N) is 1. The summed E-state index contributed by atoms with van der Waals surface area (Å²) in [5.74, 6) is -1.87. The first-order valence-corrected chi connectivity index (χ1v) is 11.8. The van der Waals surface area contributed by atoms with Gasteiger partial charge in [-0.2, -0.15) is 0 Å². The summed E-state index contributed by atoms with van der Waals surface area (Å²) in [6.45, 7) is 0.413. The SMILES string of the molecule is CN(C)C[C@H](NC(=O)[C@@H]1CC=C[C@@H](NC(=O)OCC2c3ccccc3-c3ccccc32)C1)C(=O)O. The number of carbonyl (C=O) groups is 3. The van der Waals surface area contributed by atoms with E-state index in [9.17, 15) is 19.5 Å². The Balaban J connectivity index is 1.32. The van der Waals surface area contributed by atoms with Gasteiger partial charge in [-0.1, -0.05) is 60.7 Å². The van der Waals surface area contributed by atoms with E-state index in [1.165, 1.54) is 0 Å². The Morgan fingerprint density at radius 3 is 2.29 bits per heavy atom. The number of benzene rings is 2. The molecule has 0 spiro atoms. The molecule has 0 radical (unpaired) electrons. The van der Waals surface area contributed by atoms with Crippen molar-refractivity contribution in [1.82, 2.24) is 15.5 Å². The van der Waals surface area contributed by atoms with Crippen molar-refractivity contribution in [3.05, 3.63) is 71.8 Å². The van der Waals surface area contributed by atoms with Crippen LogP contribution in [0.3, 0.4) is 0 Å². The fourth-order valence-corrected chi connectivity index (χ4v) is 4.84. The Morgan fingerprint density at radius 1 is 1.06 bits per heavy atom. The molecule has 0 heterocycles. The molecule has 2 aliphatic carbocycles. The van der Waals surface area contributed by atoms with Crippen LogP contribution in [0.2, 0.25) is 0 Å². The zero-order valence-electron chi connectivity index (χ0n) is 19.9. The quantitative estimate of drug-likeness (QED) is 0.505. The molecule has 0 aliphatic heterocycles. The Morgan fingerprint density at radius 2 is 1.69 bits per heavy atom. The van der Waals surface area contributed by atoms with Crippen molar-refractivity contribution in [3.8, 4) is 11.1 Å². The number of aliphatic carboxylic acids is 1. The summed E-state index contributed by atoms with van der Waals surface area (Å²) in [6.07, 6.45) is 4.01. The maximum Gasteiger partial charge on any atom is 0.407 e. The summed E-state index contributed by atoms with van der Waals surface area (Å²) >= 11 is 0. The lowest BCUT2D eigenvalue weighted by atomic mass is 9.90. The number of ether oxygens (including phenoxy) is 1. The van der Waals surface area contributed by atoms with Gasteiger partial charge in [0.15, 0.2) is 0 Å². The van der Waals surface area contributed by atoms with Crippen molar-refractivity contribution in [1.29, 1.82) is 0 Å². The standard InChI is InChI=1S/C27H31N3O5/c1-30(2)15-24(26(32)33)29-25(31)17-8-7-9-18(14-17)28-27(34)35-16-23-21-12-5-3-10-19(21)20-11-4-6-13-22(20)23/h3-7,9-13,17-18,23-24H,8,14-16H2,1-2H3,(H,28,34)(H,29,31)(H,32,33)/t17-,18-,24+/m1/s1. The number of alkyl carbamates (subject to hydrolysis) is 1. The predicted molar refractivity (Wildman–Crippen MR) is 132 cm³/mol. The van der Waals surface area contributed by atoms with Crippen molar-refractivity contribution in [2.75, 3.05) is 27.2 Å². The number of nitrogens with one attached hydrogen (secondary N) is 2. The van der Waals surface area contributed by atoms with Gasteiger partial charge in [0.25, 0.3) is 0 Å². The zero-order chi connectivity index (χ0) is 24.9. The van der Waals surface area contributed by atoms with E-state index in [1.54, 1.807) is 19.0 Å². The second-order valence-corrected chi connectivity index (χ2v) is 9.33. The van der Waals surface area contributed by atoms with Crippen LogP contribution in [0.15, 0.2) is 60.7 Å². The third-order valence-electron chi connectivity index (χ3n) is 6.51. The highest BCUT2D eigenvalue weighted by Crippen LogP contribution is 2.44. The first-order chi connectivity index (χ1) is 16.8. The number of fused-ring (bicyclic) bond motifs is 3. The predicted octanol–water partition coefficient (Wildman–Crippen LogP) is 2.99. The van der Waals surface area contributed by atoms with Crippen LogP contribution in [-0.4, -0.2) is 67.3 Å². The Kier molecular flexibility index (Phi) is 7.51. The van der Waals surface area contributed by atoms with E-state index in [4.69, 9.17) is 4.74 Å². The molecule has 4 rings (SSSR count). The zero-order valence-corrected chi connectivity index (χ0v) is 19.9. The molecule has 8 heteroatoms. The molecule has 0 fully saturated rings. The topological polar surface area (TPSA) is 108 Å². The molecule has 2 aromatic carbocycles. The van der Waals surface area contributed by atoms with E-state index in [-0.39, 0.29) is 31.0 Å². The number of hydrogen-bond acceptors (Lipinski definition) is 5. The number of likely N-dealkylation sites (N-methyl/N-ethyl adjacent to an activating group) is 1. The Hall–Kier alpha value is -3.65. The normalized spacial score (nSPS) is 19.5. The number of amides is 2. The minimum absolute atomic E-state index is 0.0294. The van der Waals surface area contributed by atoms with E-state index in [0.717, 1.165) is 22.3 Å². The minimum Gasteiger partial charge on any atom is -0.480 e. The van der Waals surface area contributed by atoms with Gasteiger partial charge in [-0.3, -0.25) is 4.79 Å². The second kappa shape index (κ2) is 10.7. The number of carboxylic acid groups (broad SMARTS) is 1. The molecule has 0 bridgehead atoms. The van der Waals surface area contributed by atoms with Gasteiger partial charge < -0.3 is 25.4 Å². The molecule has 0 saturated carbocycles. The molecule has 35 heavy (non-hydrogen) atoms. The summed E-state index contributed by atoms with van der Waals surface area (Å²) in [7, 11) is 3.50. The van der Waals surface area contributed by atoms with Gasteiger partial charge in [0, 0.05) is 18.4 Å². The average Bonchev–Trinajstić information content (AvgIpc) is 3.16. The van der Waals surface area contributed by atoms with E-state index in [2.05, 4.69) is 34.9 Å². The van der Waals surface area contributed by atoms with Gasteiger partial charge >= 0.3 is 12.1 Å². The van der Waals surface area contributed by atoms with Crippen molar-refractivity contribution < 1.29 is 24.2 Å². The summed E-state index contributed by atoms with van der Waals surface area (Å²) in [5.41, 5.74) is 4.60. The van der Waals surface area contributed by atoms with E-state index in [1.807, 2.05) is 36.4 Å². The average molecular weight is 478 g/mol. The number of carboxylic acids is 1. The van der Waals surface area contributed by atoms with Gasteiger partial charge in [0.1, 0.15) is 12.6 Å². The highest BCUT2D eigenvalue weighted by molar-refractivity contribution is 5.85. The fraction of sp³-hybridized carbons (Fsp3) is 0.370. The fourth-order valence-electron chi connectivity index (χ4n) is 4.84. The van der Waals surface area contributed by atoms with Crippen LogP contribution in [0.5, 0.6) is 0 Å². The summed E-state index contributed by atoms with van der Waals surface area (Å²) in [6, 6.07) is 14.9. The lowest BCUT2D eigenvalue weighted by Crippen LogP contribution is -2.50. The first kappa shape index (κ1) is 24.5. The van der Waals surface area contributed by atoms with Gasteiger partial charge in [0.2, 0.25) is 5.91 Å². The largest absolute Gasteiger partial charge is 0.480 e. The molecule has 3 atom stereocenters. The molecule has 8 nitrogen and oxygen atoms in total. The van der Waals surface area contributed by atoms with Crippen LogP contribution < -0.4 is 10.6 Å². The molecule has 2 aliphatic rings. The number of carbonyl (C=O) groups excluding carboxylic acids is 2. The van der Waals surface area contributed by atoms with Crippen LogP contribution in [0, 0.1) is 5.92 Å². The lowest BCUT2D eigenvalue weighted by Gasteiger charge is -2.27. The number of rotatable bonds is 8. The molecule has 2 amide bonds. The summed E-state index contributed by atoms with van der Waals surface area (Å²) < 4.78 is 5.61. The van der Waals surface area contributed by atoms with Gasteiger partial charge in [0.05, 0.1) is 6.04 Å². The Bertz CT molecular complexity index is 1080. The lowest BCUT2D eigenvalue weighted by molar-refractivity contribution is -0.143. The maximum absolute atomic E-state index is 12.7. The van der Waals surface area contributed by atoms with E-state index in [0.29, 0.717) is 12.8 Å². The molecule has 0 saturated heterocycles. The molecule has 0 unspecified atom stereocenters. The number of hydrogen-bond donors (Lipinski definition) is 3. The van der Waals surface area contributed by atoms with Crippen LogP contribution in [0.4, 0.5) is 4.79 Å². The molecule has 3 N–H and O–H groups in total. The number of allylic oxidation sites excluding steroid dienone is 1. The third-order valence-corrected chi connectivity index (χ3v) is 6.51. The monoisotopic (exact) mass is 477 g/mol. The van der Waals surface area contributed by atoms with Crippen LogP contribution in [-0.2, 0) is 14.3 Å². The smallest absolute Gasteiger partial charge is 0.407 e. The van der Waals surface area contributed by atoms with Gasteiger partial charge in [-0.05, 0) is 49.2 Å². The molecular weight excluding hydrogens is 446 g/mol. The van der Waals surface area contributed by atoms with E-state index < -0.39 is 24.0 Å². The molecule has 184 valence electrons. The molecule has 0 aromatic heterocycles. The molecular formula is C27H31N3O5. The van der Waals surface area contributed by atoms with E-state index >= 15 is 0 Å². The third kappa shape index (κ3) is 5.71. The van der Waals surface area contributed by atoms with Crippen molar-refractivity contribution in [2.24, 2.45) is 5.92 Å². The highest BCUT2D eigenvalue weighted by Gasteiger charge is 2.31. The van der Waals surface area contributed by atoms with Crippen LogP contribution in [0.1, 0.15) is 29.9 Å². The second-order valence-electron chi connectivity index (χ2n) is 9.33. The van der Waals surface area contributed by atoms with Gasteiger partial charge in [-0.15, -0.1) is 0 Å². The molecule has 2 aromatic rings.